The Morgan fingerprint density at radius 1 is 1.91 bits per heavy atom. The lowest BCUT2D eigenvalue weighted by atomic mass is 10.3. The van der Waals surface area contributed by atoms with Crippen LogP contribution in [0.3, 0.4) is 0 Å². The zero-order valence-electron chi connectivity index (χ0n) is 6.26. The molecule has 1 heterocycles. The number of hydrogen-bond donors (Lipinski definition) is 2. The van der Waals surface area contributed by atoms with Gasteiger partial charge in [-0.1, -0.05) is 6.58 Å². The van der Waals surface area contributed by atoms with Crippen LogP contribution in [0.25, 0.3) is 0 Å². The molecule has 0 saturated heterocycles. The van der Waals surface area contributed by atoms with Gasteiger partial charge in [-0.25, -0.2) is 0 Å². The second-order valence-corrected chi connectivity index (χ2v) is 3.69. The summed E-state index contributed by atoms with van der Waals surface area (Å²) in [5, 5.41) is 3.10. The highest BCUT2D eigenvalue weighted by Crippen LogP contribution is 2.27. The lowest BCUT2D eigenvalue weighted by molar-refractivity contribution is -0.113. The van der Waals surface area contributed by atoms with Gasteiger partial charge in [0.05, 0.1) is 4.91 Å². The van der Waals surface area contributed by atoms with Gasteiger partial charge in [-0.05, 0) is 6.92 Å². The van der Waals surface area contributed by atoms with Gasteiger partial charge in [-0.2, -0.15) is 0 Å². The Balaban J connectivity index is 2.74. The van der Waals surface area contributed by atoms with Crippen molar-refractivity contribution in [2.24, 2.45) is 5.73 Å². The highest BCUT2D eigenvalue weighted by atomic mass is 32.2. The van der Waals surface area contributed by atoms with Crippen molar-refractivity contribution in [1.82, 2.24) is 5.32 Å². The van der Waals surface area contributed by atoms with Crippen LogP contribution in [0.15, 0.2) is 23.4 Å². The lowest BCUT2D eigenvalue weighted by Crippen LogP contribution is -2.24. The summed E-state index contributed by atoms with van der Waals surface area (Å²) in [5.74, 6) is -0.387. The number of amides is 1. The zero-order valence-corrected chi connectivity index (χ0v) is 7.07. The van der Waals surface area contributed by atoms with Crippen molar-refractivity contribution >= 4 is 17.7 Å². The molecule has 0 aromatic rings. The van der Waals surface area contributed by atoms with Crippen molar-refractivity contribution in [2.75, 3.05) is 0 Å². The van der Waals surface area contributed by atoms with Gasteiger partial charge in [0.2, 0.25) is 0 Å². The van der Waals surface area contributed by atoms with E-state index in [-0.39, 0.29) is 11.2 Å². The predicted molar refractivity (Wildman–Crippen MR) is 46.6 cm³/mol. The molecule has 4 heteroatoms. The van der Waals surface area contributed by atoms with Crippen LogP contribution in [0.4, 0.5) is 0 Å². The van der Waals surface area contributed by atoms with Gasteiger partial charge < -0.3 is 11.1 Å². The molecule has 11 heavy (non-hydrogen) atoms. The van der Waals surface area contributed by atoms with Gasteiger partial charge in [-0.15, -0.1) is 11.8 Å². The quantitative estimate of drug-likeness (QED) is 0.604. The topological polar surface area (TPSA) is 55.1 Å². The molecule has 1 unspecified atom stereocenters. The zero-order chi connectivity index (χ0) is 8.43. The number of carbonyl (C=O) groups is 1. The van der Waals surface area contributed by atoms with Gasteiger partial charge in [0.25, 0.3) is 5.91 Å². The number of hydrogen-bond acceptors (Lipinski definition) is 3. The summed E-state index contributed by atoms with van der Waals surface area (Å²) in [6.07, 6.45) is 1.59. The molecule has 0 spiro atoms. The Hall–Kier alpha value is -0.900. The van der Waals surface area contributed by atoms with E-state index in [0.29, 0.717) is 4.91 Å². The number of carbonyl (C=O) groups excluding carboxylic acids is 1. The molecule has 0 aliphatic carbocycles. The van der Waals surface area contributed by atoms with Crippen molar-refractivity contribution in [3.8, 4) is 0 Å². The summed E-state index contributed by atoms with van der Waals surface area (Å²) < 4.78 is 0. The molecule has 0 aromatic carbocycles. The second-order valence-electron chi connectivity index (χ2n) is 2.30. The number of rotatable bonds is 1. The third-order valence-corrected chi connectivity index (χ3v) is 2.64. The summed E-state index contributed by atoms with van der Waals surface area (Å²) in [6.45, 7) is 5.73. The van der Waals surface area contributed by atoms with Crippen LogP contribution in [0.1, 0.15) is 6.92 Å². The van der Waals surface area contributed by atoms with E-state index in [4.69, 9.17) is 5.73 Å². The molecule has 1 aliphatic heterocycles. The molecule has 0 aromatic heterocycles. The summed E-state index contributed by atoms with van der Waals surface area (Å²) in [6, 6.07) is 0. The lowest BCUT2D eigenvalue weighted by Gasteiger charge is -2.20. The fourth-order valence-electron chi connectivity index (χ4n) is 0.700. The van der Waals surface area contributed by atoms with E-state index in [1.807, 2.05) is 6.92 Å². The Kier molecular flexibility index (Phi) is 2.24. The Morgan fingerprint density at radius 2 is 2.55 bits per heavy atom. The third-order valence-electron chi connectivity index (χ3n) is 1.43. The molecule has 0 bridgehead atoms. The highest BCUT2D eigenvalue weighted by Gasteiger charge is 2.17. The maximum absolute atomic E-state index is 10.7. The van der Waals surface area contributed by atoms with E-state index in [2.05, 4.69) is 11.9 Å². The minimum Gasteiger partial charge on any atom is -0.365 e. The fourth-order valence-corrected chi connectivity index (χ4v) is 1.53. The van der Waals surface area contributed by atoms with Crippen LogP contribution in [-0.4, -0.2) is 11.2 Å². The Morgan fingerprint density at radius 3 is 3.00 bits per heavy atom. The highest BCUT2D eigenvalue weighted by molar-refractivity contribution is 8.04. The number of thioether (sulfide) groups is 1. The fraction of sp³-hybridized carbons (Fsp3) is 0.286. The van der Waals surface area contributed by atoms with Crippen molar-refractivity contribution in [2.45, 2.75) is 12.2 Å². The largest absolute Gasteiger partial charge is 0.365 e. The number of primary amides is 1. The average Bonchev–Trinajstić information content (AvgIpc) is 1.94. The van der Waals surface area contributed by atoms with Gasteiger partial charge >= 0.3 is 0 Å². The average molecular weight is 170 g/mol. The van der Waals surface area contributed by atoms with Gasteiger partial charge in [0.15, 0.2) is 0 Å². The standard InChI is InChI=1S/C7H10N2OS/c1-4-5(2)11-6(3-9-4)7(8)10/h3,5,9H,1H2,2H3,(H2,8,10). The number of nitrogens with two attached hydrogens (primary N) is 1. The van der Waals surface area contributed by atoms with E-state index >= 15 is 0 Å². The second kappa shape index (κ2) is 3.00. The van der Waals surface area contributed by atoms with Crippen LogP contribution < -0.4 is 11.1 Å². The van der Waals surface area contributed by atoms with E-state index in [1.165, 1.54) is 11.8 Å². The molecule has 1 amide bonds. The molecule has 1 aliphatic rings. The van der Waals surface area contributed by atoms with Crippen LogP contribution >= 0.6 is 11.8 Å². The van der Waals surface area contributed by atoms with Crippen LogP contribution in [0.5, 0.6) is 0 Å². The van der Waals surface area contributed by atoms with E-state index < -0.39 is 0 Å². The molecule has 0 fully saturated rings. The molecule has 0 radical (unpaired) electrons. The molecular formula is C7H10N2OS. The summed E-state index contributed by atoms with van der Waals surface area (Å²) >= 11 is 1.43. The van der Waals surface area contributed by atoms with Crippen LogP contribution in [0.2, 0.25) is 0 Å². The van der Waals surface area contributed by atoms with E-state index in [9.17, 15) is 4.79 Å². The minimum atomic E-state index is -0.387. The number of nitrogens with one attached hydrogen (secondary N) is 1. The normalized spacial score (nSPS) is 23.9. The first-order valence-electron chi connectivity index (χ1n) is 3.23. The van der Waals surface area contributed by atoms with Crippen molar-refractivity contribution in [1.29, 1.82) is 0 Å². The van der Waals surface area contributed by atoms with Crippen molar-refractivity contribution in [3.63, 3.8) is 0 Å². The maximum atomic E-state index is 10.7. The first-order chi connectivity index (χ1) is 5.11. The van der Waals surface area contributed by atoms with Crippen molar-refractivity contribution in [3.05, 3.63) is 23.4 Å². The predicted octanol–water partition coefficient (Wildman–Crippen LogP) is 0.552. The molecule has 60 valence electrons. The van der Waals surface area contributed by atoms with E-state index in [1.54, 1.807) is 6.20 Å². The van der Waals surface area contributed by atoms with Gasteiger partial charge in [-0.3, -0.25) is 4.79 Å². The first kappa shape index (κ1) is 8.20. The molecular weight excluding hydrogens is 160 g/mol. The van der Waals surface area contributed by atoms with Crippen LogP contribution in [-0.2, 0) is 4.79 Å². The van der Waals surface area contributed by atoms with Crippen LogP contribution in [0, 0.1) is 0 Å². The minimum absolute atomic E-state index is 0.211. The summed E-state index contributed by atoms with van der Waals surface area (Å²) in [4.78, 5) is 11.2. The maximum Gasteiger partial charge on any atom is 0.256 e. The third kappa shape index (κ3) is 1.77. The SMILES string of the molecule is C=C1NC=C(C(N)=O)SC1C. The monoisotopic (exact) mass is 170 g/mol. The van der Waals surface area contributed by atoms with E-state index in [0.717, 1.165) is 5.70 Å². The Bertz CT molecular complexity index is 235. The van der Waals surface area contributed by atoms with Gasteiger partial charge in [0.1, 0.15) is 0 Å². The molecule has 3 N–H and O–H groups in total. The summed E-state index contributed by atoms with van der Waals surface area (Å²) in [5.41, 5.74) is 5.98. The molecule has 0 saturated carbocycles. The smallest absolute Gasteiger partial charge is 0.256 e. The molecule has 1 rings (SSSR count). The molecule has 1 atom stereocenters. The first-order valence-corrected chi connectivity index (χ1v) is 4.11. The Labute approximate surface area is 69.7 Å². The van der Waals surface area contributed by atoms with Crippen molar-refractivity contribution < 1.29 is 4.79 Å². The molecule has 3 nitrogen and oxygen atoms in total. The summed E-state index contributed by atoms with van der Waals surface area (Å²) in [7, 11) is 0. The van der Waals surface area contributed by atoms with Gasteiger partial charge in [0, 0.05) is 17.1 Å².